The van der Waals surface area contributed by atoms with Gasteiger partial charge in [0, 0.05) is 32.5 Å². The van der Waals surface area contributed by atoms with Gasteiger partial charge in [-0.15, -0.1) is 0 Å². The van der Waals surface area contributed by atoms with Crippen LogP contribution in [0, 0.1) is 0 Å². The number of hydrogen-bond acceptors (Lipinski definition) is 6. The number of aryl methyl sites for hydroxylation is 1. The van der Waals surface area contributed by atoms with Crippen molar-refractivity contribution in [2.45, 2.75) is 4.90 Å². The molecule has 2 N–H and O–H groups in total. The number of benzene rings is 1. The average Bonchev–Trinajstić information content (AvgIpc) is 3.26. The molecule has 4 rings (SSSR count). The zero-order valence-electron chi connectivity index (χ0n) is 17.4. The molecule has 1 aromatic carbocycles. The minimum Gasteiger partial charge on any atom is -0.491 e. The number of rotatable bonds is 7. The number of aromatic amines is 1. The lowest BCUT2D eigenvalue weighted by atomic mass is 10.1. The summed E-state index contributed by atoms with van der Waals surface area (Å²) in [6.07, 6.45) is 3.17. The molecule has 0 radical (unpaired) electrons. The van der Waals surface area contributed by atoms with Crippen molar-refractivity contribution in [3.8, 4) is 17.0 Å². The maximum Gasteiger partial charge on any atom is 0.331 e. The van der Waals surface area contributed by atoms with Crippen LogP contribution in [0.2, 0.25) is 0 Å². The summed E-state index contributed by atoms with van der Waals surface area (Å²) in [6.45, 7) is 0.254. The van der Waals surface area contributed by atoms with E-state index in [2.05, 4.69) is 14.7 Å². The van der Waals surface area contributed by atoms with Crippen LogP contribution in [0.1, 0.15) is 0 Å². The summed E-state index contributed by atoms with van der Waals surface area (Å²) in [5, 5.41) is 0. The average molecular weight is 455 g/mol. The number of nitrogens with zero attached hydrogens (tertiary/aromatic N) is 3. The molecule has 0 aliphatic heterocycles. The van der Waals surface area contributed by atoms with Gasteiger partial charge < -0.3 is 9.72 Å². The minimum absolute atomic E-state index is 0.0956. The summed E-state index contributed by atoms with van der Waals surface area (Å²) < 4.78 is 35.4. The smallest absolute Gasteiger partial charge is 0.331 e. The Hall–Kier alpha value is -3.70. The van der Waals surface area contributed by atoms with Crippen molar-refractivity contribution in [2.75, 3.05) is 13.2 Å². The maximum atomic E-state index is 12.5. The lowest BCUT2D eigenvalue weighted by molar-refractivity contribution is 0.321. The number of ether oxygens (including phenoxy) is 1. The van der Waals surface area contributed by atoms with Crippen molar-refractivity contribution in [3.63, 3.8) is 0 Å². The van der Waals surface area contributed by atoms with Gasteiger partial charge in [0.25, 0.3) is 5.56 Å². The van der Waals surface area contributed by atoms with E-state index in [-0.39, 0.29) is 18.0 Å². The molecule has 10 nitrogen and oxygen atoms in total. The van der Waals surface area contributed by atoms with Gasteiger partial charge in [-0.3, -0.25) is 18.9 Å². The predicted molar refractivity (Wildman–Crippen MR) is 119 cm³/mol. The highest BCUT2D eigenvalue weighted by Crippen LogP contribution is 2.23. The molecule has 0 spiro atoms. The second-order valence-electron chi connectivity index (χ2n) is 7.11. The van der Waals surface area contributed by atoms with Gasteiger partial charge in [0.05, 0.1) is 16.6 Å². The summed E-state index contributed by atoms with van der Waals surface area (Å²) in [5.41, 5.74) is 1.20. The van der Waals surface area contributed by atoms with E-state index in [0.29, 0.717) is 28.0 Å². The first-order chi connectivity index (χ1) is 15.3. The predicted octanol–water partition coefficient (Wildman–Crippen LogP) is 0.985. The normalized spacial score (nSPS) is 11.7. The highest BCUT2D eigenvalue weighted by Gasteiger charge is 2.16. The van der Waals surface area contributed by atoms with Crippen molar-refractivity contribution in [3.05, 3.63) is 75.7 Å². The van der Waals surface area contributed by atoms with Gasteiger partial charge in [-0.25, -0.2) is 17.9 Å². The number of pyridine rings is 1. The molecule has 0 fully saturated rings. The fourth-order valence-electron chi connectivity index (χ4n) is 3.28. The lowest BCUT2D eigenvalue weighted by Gasteiger charge is -2.09. The summed E-state index contributed by atoms with van der Waals surface area (Å²) in [7, 11) is -0.717. The second-order valence-corrected chi connectivity index (χ2v) is 8.88. The van der Waals surface area contributed by atoms with E-state index in [1.807, 2.05) is 0 Å². The van der Waals surface area contributed by atoms with Crippen LogP contribution in [0.15, 0.2) is 69.3 Å². The molecule has 3 aromatic heterocycles. The Bertz CT molecular complexity index is 1490. The summed E-state index contributed by atoms with van der Waals surface area (Å²) in [5.74, 6) is 0.557. The quantitative estimate of drug-likeness (QED) is 0.400. The van der Waals surface area contributed by atoms with Crippen LogP contribution in [0.3, 0.4) is 0 Å². The van der Waals surface area contributed by atoms with Crippen LogP contribution in [-0.2, 0) is 24.1 Å². The number of hydrogen-bond donors (Lipinski definition) is 2. The summed E-state index contributed by atoms with van der Waals surface area (Å²) in [6, 6.07) is 11.4. The Labute approximate surface area is 183 Å². The van der Waals surface area contributed by atoms with Crippen LogP contribution < -0.4 is 20.7 Å². The molecular formula is C21H21N5O5S. The molecule has 0 saturated heterocycles. The highest BCUT2D eigenvalue weighted by molar-refractivity contribution is 7.89. The van der Waals surface area contributed by atoms with Crippen LogP contribution in [0.25, 0.3) is 22.3 Å². The van der Waals surface area contributed by atoms with Gasteiger partial charge in [-0.2, -0.15) is 0 Å². The van der Waals surface area contributed by atoms with Gasteiger partial charge in [0.1, 0.15) is 17.9 Å². The first kappa shape index (κ1) is 21.5. The van der Waals surface area contributed by atoms with E-state index in [1.54, 1.807) is 49.8 Å². The summed E-state index contributed by atoms with van der Waals surface area (Å²) >= 11 is 0. The topological polar surface area (TPSA) is 128 Å². The zero-order valence-corrected chi connectivity index (χ0v) is 18.2. The standard InChI is InChI=1S/C21H21N5O5S/c1-25-18-12-17(24-19(18)20(27)26(2)21(25)28)14-5-7-16(8-6-14)32(29,30)23-10-11-31-15-4-3-9-22-13-15/h3-9,12-13,23-24H,10-11H2,1-2H3. The first-order valence-electron chi connectivity index (χ1n) is 9.69. The fourth-order valence-corrected chi connectivity index (χ4v) is 4.30. The third kappa shape index (κ3) is 4.07. The van der Waals surface area contributed by atoms with E-state index in [0.717, 1.165) is 4.57 Å². The molecular weight excluding hydrogens is 434 g/mol. The SMILES string of the molecule is Cn1c(=O)c2[nH]c(-c3ccc(S(=O)(=O)NCCOc4cccnc4)cc3)cc2n(C)c1=O. The highest BCUT2D eigenvalue weighted by atomic mass is 32.2. The molecule has 0 aliphatic rings. The molecule has 11 heteroatoms. The number of fused-ring (bicyclic) bond motifs is 1. The van der Waals surface area contributed by atoms with Crippen molar-refractivity contribution >= 4 is 21.1 Å². The molecule has 166 valence electrons. The van der Waals surface area contributed by atoms with Gasteiger partial charge in [0.15, 0.2) is 0 Å². The third-order valence-electron chi connectivity index (χ3n) is 5.02. The Morgan fingerprint density at radius 3 is 2.53 bits per heavy atom. The molecule has 4 aromatic rings. The van der Waals surface area contributed by atoms with Crippen molar-refractivity contribution in [1.82, 2.24) is 23.8 Å². The van der Waals surface area contributed by atoms with E-state index in [4.69, 9.17) is 4.74 Å². The Kier molecular flexibility index (Phi) is 5.68. The molecule has 0 atom stereocenters. The molecule has 0 aliphatic carbocycles. The number of sulfonamides is 1. The molecule has 0 bridgehead atoms. The van der Waals surface area contributed by atoms with Gasteiger partial charge in [0.2, 0.25) is 10.0 Å². The molecule has 3 heterocycles. The zero-order chi connectivity index (χ0) is 22.9. The fraction of sp³-hybridized carbons (Fsp3) is 0.190. The Morgan fingerprint density at radius 2 is 1.84 bits per heavy atom. The Balaban J connectivity index is 1.50. The van der Waals surface area contributed by atoms with Crippen LogP contribution in [0.5, 0.6) is 5.75 Å². The van der Waals surface area contributed by atoms with Crippen molar-refractivity contribution < 1.29 is 13.2 Å². The van der Waals surface area contributed by atoms with E-state index >= 15 is 0 Å². The van der Waals surface area contributed by atoms with Crippen molar-refractivity contribution in [2.24, 2.45) is 14.1 Å². The van der Waals surface area contributed by atoms with Crippen LogP contribution in [-0.4, -0.2) is 40.7 Å². The number of nitrogens with one attached hydrogen (secondary N) is 2. The molecule has 0 unspecified atom stereocenters. The van der Waals surface area contributed by atoms with Crippen LogP contribution >= 0.6 is 0 Å². The summed E-state index contributed by atoms with van der Waals surface area (Å²) in [4.78, 5) is 31.5. The number of aromatic nitrogens is 4. The van der Waals surface area contributed by atoms with Crippen molar-refractivity contribution in [1.29, 1.82) is 0 Å². The molecule has 0 amide bonds. The lowest BCUT2D eigenvalue weighted by Crippen LogP contribution is -2.36. The Morgan fingerprint density at radius 1 is 1.09 bits per heavy atom. The molecule has 32 heavy (non-hydrogen) atoms. The van der Waals surface area contributed by atoms with Gasteiger partial charge >= 0.3 is 5.69 Å². The molecule has 0 saturated carbocycles. The monoisotopic (exact) mass is 455 g/mol. The van der Waals surface area contributed by atoms with Crippen LogP contribution in [0.4, 0.5) is 0 Å². The van der Waals surface area contributed by atoms with Gasteiger partial charge in [-0.05, 0) is 35.9 Å². The third-order valence-corrected chi connectivity index (χ3v) is 6.50. The van der Waals surface area contributed by atoms with E-state index in [9.17, 15) is 18.0 Å². The second kappa shape index (κ2) is 8.44. The first-order valence-corrected chi connectivity index (χ1v) is 11.2. The van der Waals surface area contributed by atoms with E-state index < -0.39 is 21.3 Å². The van der Waals surface area contributed by atoms with E-state index in [1.165, 1.54) is 23.7 Å². The largest absolute Gasteiger partial charge is 0.491 e. The minimum atomic E-state index is -3.72. The number of H-pyrrole nitrogens is 1. The maximum absolute atomic E-state index is 12.5. The van der Waals surface area contributed by atoms with Gasteiger partial charge in [-0.1, -0.05) is 12.1 Å².